The summed E-state index contributed by atoms with van der Waals surface area (Å²) in [6.45, 7) is 7.10. The van der Waals surface area contributed by atoms with E-state index in [1.54, 1.807) is 17.5 Å². The molecule has 0 radical (unpaired) electrons. The molecule has 0 amide bonds. The summed E-state index contributed by atoms with van der Waals surface area (Å²) in [5.74, 6) is 0.992. The molecule has 1 saturated carbocycles. The Morgan fingerprint density at radius 3 is 2.52 bits per heavy atom. The third kappa shape index (κ3) is 9.57. The van der Waals surface area contributed by atoms with E-state index in [1.807, 2.05) is 55.9 Å². The van der Waals surface area contributed by atoms with Crippen molar-refractivity contribution in [2.45, 2.75) is 46.1 Å². The monoisotopic (exact) mass is 639 g/mol. The molecule has 7 heteroatoms. The van der Waals surface area contributed by atoms with Crippen LogP contribution in [0.3, 0.4) is 0 Å². The molecule has 1 saturated heterocycles. The van der Waals surface area contributed by atoms with Gasteiger partial charge in [0.1, 0.15) is 0 Å². The maximum absolute atomic E-state index is 11.7. The van der Waals surface area contributed by atoms with Gasteiger partial charge in [-0.25, -0.2) is 11.0 Å². The molecule has 2 fully saturated rings. The molecule has 1 aliphatic carbocycles. The Kier molecular flexibility index (Phi) is 14.4. The number of hydrogen-bond acceptors (Lipinski definition) is 5. The number of hydrogen-bond donors (Lipinski definition) is 1. The number of nitrogens with zero attached hydrogens (tertiary/aromatic N) is 2. The number of nitrogens with one attached hydrogen (secondary N) is 1. The molecule has 1 N–H and O–H groups in total. The Morgan fingerprint density at radius 2 is 2.03 bits per heavy atom. The maximum atomic E-state index is 11.7. The van der Waals surface area contributed by atoms with E-state index in [-0.39, 0.29) is 56.4 Å². The normalized spacial score (nSPS) is 19.7. The smallest absolute Gasteiger partial charge is 0.540 e. The molecule has 0 spiro atoms. The summed E-state index contributed by atoms with van der Waals surface area (Å²) < 4.78 is 1.46. The average molecular weight is 640 g/mol. The summed E-state index contributed by atoms with van der Waals surface area (Å²) in [7, 11) is 0. The van der Waals surface area contributed by atoms with Crippen molar-refractivity contribution in [3.05, 3.63) is 47.8 Å². The second-order valence-electron chi connectivity index (χ2n) is 6.57. The first kappa shape index (κ1) is 28.0. The predicted molar refractivity (Wildman–Crippen MR) is 118 cm³/mol. The van der Waals surface area contributed by atoms with E-state index in [0.29, 0.717) is 5.92 Å². The summed E-state index contributed by atoms with van der Waals surface area (Å²) in [6, 6.07) is 5.95. The van der Waals surface area contributed by atoms with Crippen molar-refractivity contribution in [3.63, 3.8) is 0 Å². The molecule has 29 heavy (non-hydrogen) atoms. The van der Waals surface area contributed by atoms with Gasteiger partial charge in [0, 0.05) is 17.0 Å². The predicted octanol–water partition coefficient (Wildman–Crippen LogP) is 4.74. The molecule has 0 bridgehead atoms. The zero-order valence-corrected chi connectivity index (χ0v) is 22.7. The van der Waals surface area contributed by atoms with E-state index in [1.165, 1.54) is 9.56 Å². The Labute approximate surface area is 202 Å². The van der Waals surface area contributed by atoms with Gasteiger partial charge in [-0.2, -0.15) is 5.10 Å². The van der Waals surface area contributed by atoms with Crippen molar-refractivity contribution in [1.29, 1.82) is 0 Å². The first-order chi connectivity index (χ1) is 13.2. The Morgan fingerprint density at radius 1 is 1.31 bits per heavy atom. The van der Waals surface area contributed by atoms with Gasteiger partial charge in [0.15, 0.2) is 0 Å². The molecule has 5 nitrogen and oxygen atoms in total. The molecule has 3 heterocycles. The SMILES string of the molecule is CC.CC1CNC([C-]=O)C1.O=C(C1CC1)n1ccc(/C=C/c2cccs2)n1.[CH3-].[U+2]. The molecular formula is C22H31N3O2SU. The number of carbonyl (C=O) groups is 1. The van der Waals surface area contributed by atoms with Crippen molar-refractivity contribution < 1.29 is 40.7 Å². The van der Waals surface area contributed by atoms with Gasteiger partial charge in [-0.05, 0) is 55.0 Å². The van der Waals surface area contributed by atoms with Crippen molar-refractivity contribution in [2.24, 2.45) is 11.8 Å². The summed E-state index contributed by atoms with van der Waals surface area (Å²) in [5.41, 5.74) is 0.826. The van der Waals surface area contributed by atoms with Crippen LogP contribution in [0.25, 0.3) is 12.2 Å². The molecular weight excluding hydrogens is 608 g/mol. The van der Waals surface area contributed by atoms with Gasteiger partial charge in [0.2, 0.25) is 5.91 Å². The van der Waals surface area contributed by atoms with Crippen molar-refractivity contribution in [2.75, 3.05) is 6.54 Å². The van der Waals surface area contributed by atoms with Gasteiger partial charge in [-0.1, -0.05) is 39.3 Å². The molecule has 2 aromatic heterocycles. The van der Waals surface area contributed by atoms with Crippen LogP contribution < -0.4 is 5.32 Å². The molecule has 2 aliphatic rings. The quantitative estimate of drug-likeness (QED) is 0.492. The number of aromatic nitrogens is 2. The van der Waals surface area contributed by atoms with Crippen molar-refractivity contribution in [3.8, 4) is 0 Å². The van der Waals surface area contributed by atoms with Crippen LogP contribution in [0, 0.1) is 50.4 Å². The van der Waals surface area contributed by atoms with Gasteiger partial charge >= 0.3 is 31.1 Å². The first-order valence-corrected chi connectivity index (χ1v) is 10.5. The minimum absolute atomic E-state index is 0. The van der Waals surface area contributed by atoms with E-state index in [2.05, 4.69) is 17.3 Å². The molecule has 156 valence electrons. The Balaban J connectivity index is 0.000000560. The fourth-order valence-electron chi connectivity index (χ4n) is 2.62. The maximum Gasteiger partial charge on any atom is 2.00 e. The minimum Gasteiger partial charge on any atom is -0.540 e. The van der Waals surface area contributed by atoms with Crippen LogP contribution in [0.15, 0.2) is 29.8 Å². The standard InChI is InChI=1S/C13H12N2OS.C6H10NO.C2H6.CH3.U/c16-13(10-3-4-10)15-8-7-11(14-15)5-6-12-2-1-9-17-12;1-5-2-6(4-8)7-3-5;1-2;;/h1-2,5-10H,3-4H2;5-7H,2-3H2,1H3;1-2H3;1H3;/q;-1;;-1;+2/b6-5+;;;;. The summed E-state index contributed by atoms with van der Waals surface area (Å²) in [6.07, 6.45) is 10.6. The molecule has 2 unspecified atom stereocenters. The third-order valence-corrected chi connectivity index (χ3v) is 5.05. The first-order valence-electron chi connectivity index (χ1n) is 9.58. The molecule has 2 atom stereocenters. The van der Waals surface area contributed by atoms with Crippen LogP contribution in [-0.2, 0) is 4.79 Å². The molecule has 4 rings (SSSR count). The van der Waals surface area contributed by atoms with Crippen LogP contribution in [0.2, 0.25) is 0 Å². The largest absolute Gasteiger partial charge is 2.00 e. The van der Waals surface area contributed by atoms with Crippen molar-refractivity contribution >= 4 is 35.7 Å². The zero-order chi connectivity index (χ0) is 19.6. The van der Waals surface area contributed by atoms with Crippen LogP contribution >= 0.6 is 11.3 Å². The third-order valence-electron chi connectivity index (χ3n) is 4.22. The summed E-state index contributed by atoms with van der Waals surface area (Å²) in [5, 5.41) is 9.32. The number of carbonyl (C=O) groups excluding carboxylic acids is 2. The molecule has 0 aromatic carbocycles. The second kappa shape index (κ2) is 14.9. The van der Waals surface area contributed by atoms with Crippen LogP contribution in [0.1, 0.15) is 55.4 Å². The summed E-state index contributed by atoms with van der Waals surface area (Å²) >= 11 is 1.68. The summed E-state index contributed by atoms with van der Waals surface area (Å²) in [4.78, 5) is 22.9. The fourth-order valence-corrected chi connectivity index (χ4v) is 3.24. The van der Waals surface area contributed by atoms with Gasteiger partial charge in [-0.3, -0.25) is 4.79 Å². The Bertz CT molecular complexity index is 739. The molecule has 1 aliphatic heterocycles. The van der Waals surface area contributed by atoms with Gasteiger partial charge in [-0.15, -0.1) is 11.3 Å². The van der Waals surface area contributed by atoms with Crippen LogP contribution in [-0.4, -0.2) is 34.6 Å². The van der Waals surface area contributed by atoms with Crippen LogP contribution in [0.4, 0.5) is 0 Å². The number of thiophene rings is 1. The molecule has 2 aromatic rings. The second-order valence-corrected chi connectivity index (χ2v) is 7.55. The Hall–Kier alpha value is -0.998. The van der Waals surface area contributed by atoms with Gasteiger partial charge in [0.25, 0.3) is 0 Å². The van der Waals surface area contributed by atoms with Gasteiger partial charge in [0.05, 0.1) is 5.69 Å². The van der Waals surface area contributed by atoms with E-state index in [4.69, 9.17) is 0 Å². The fraction of sp³-hybridized carbons (Fsp3) is 0.455. The average Bonchev–Trinajstić information content (AvgIpc) is 3.07. The van der Waals surface area contributed by atoms with Crippen LogP contribution in [0.5, 0.6) is 0 Å². The van der Waals surface area contributed by atoms with Crippen molar-refractivity contribution in [1.82, 2.24) is 15.1 Å². The minimum atomic E-state index is 0. The van der Waals surface area contributed by atoms with E-state index < -0.39 is 0 Å². The van der Waals surface area contributed by atoms with E-state index in [0.717, 1.165) is 31.5 Å². The van der Waals surface area contributed by atoms with Gasteiger partial charge < -0.3 is 17.5 Å². The van der Waals surface area contributed by atoms with E-state index >= 15 is 0 Å². The number of rotatable bonds is 4. The topological polar surface area (TPSA) is 64.0 Å². The zero-order valence-electron chi connectivity index (χ0n) is 17.7. The van der Waals surface area contributed by atoms with E-state index in [9.17, 15) is 9.59 Å².